The number of allylic oxidation sites excluding steroid dienone is 8. The summed E-state index contributed by atoms with van der Waals surface area (Å²) in [6, 6.07) is 0. The van der Waals surface area contributed by atoms with E-state index in [2.05, 4.69) is 62.5 Å². The molecule has 0 aliphatic rings. The Labute approximate surface area is 382 Å². The van der Waals surface area contributed by atoms with Gasteiger partial charge in [0.25, 0.3) is 7.82 Å². The van der Waals surface area contributed by atoms with Crippen LogP contribution in [0, 0.1) is 0 Å². The van der Waals surface area contributed by atoms with E-state index in [1.54, 1.807) is 0 Å². The Balaban J connectivity index is 4.28. The van der Waals surface area contributed by atoms with Crippen LogP contribution in [-0.2, 0) is 32.7 Å². The molecule has 2 atom stereocenters. The predicted octanol–water partition coefficient (Wildman–Crippen LogP) is 14.4. The summed E-state index contributed by atoms with van der Waals surface area (Å²) in [4.78, 5) is 37.6. The summed E-state index contributed by atoms with van der Waals surface area (Å²) in [5.41, 5.74) is 0. The van der Waals surface area contributed by atoms with Gasteiger partial charge in [0.1, 0.15) is 19.8 Å². The molecule has 0 aliphatic carbocycles. The van der Waals surface area contributed by atoms with Gasteiger partial charge in [0.05, 0.1) is 27.7 Å². The minimum Gasteiger partial charge on any atom is -0.756 e. The standard InChI is InChI=1S/C52H96NO8P/c1-6-8-10-12-14-16-18-20-22-23-24-25-26-27-28-29-31-32-34-36-38-40-42-44-51(54)58-48-50(49-60-62(56,57)59-47-46-53(3,4)5)61-52(55)45-43-41-39-37-35-33-30-21-19-17-15-13-11-9-7-2/h15,17,21,30,35-38,50H,6-14,16,18-20,22-29,31-34,39-49H2,1-5H3/b17-15+,30-21+,37-35+,38-36+/t50-/m0/s1. The number of unbranched alkanes of at least 4 members (excludes halogenated alkanes) is 24. The van der Waals surface area contributed by atoms with E-state index in [-0.39, 0.29) is 26.1 Å². The molecule has 0 fully saturated rings. The third kappa shape index (κ3) is 47.4. The third-order valence-corrected chi connectivity index (χ3v) is 11.8. The number of rotatable bonds is 46. The van der Waals surface area contributed by atoms with Crippen LogP contribution in [0.1, 0.15) is 219 Å². The molecule has 0 bridgehead atoms. The van der Waals surface area contributed by atoms with E-state index < -0.39 is 32.5 Å². The van der Waals surface area contributed by atoms with E-state index in [4.69, 9.17) is 18.5 Å². The zero-order valence-corrected chi connectivity index (χ0v) is 41.7. The number of carbonyl (C=O) groups is 2. The number of nitrogens with zero attached hydrogens (tertiary/aromatic N) is 1. The summed E-state index contributed by atoms with van der Waals surface area (Å²) < 4.78 is 33.9. The summed E-state index contributed by atoms with van der Waals surface area (Å²) in [6.07, 6.45) is 53.1. The second kappa shape index (κ2) is 44.2. The lowest BCUT2D eigenvalue weighted by atomic mass is 10.0. The van der Waals surface area contributed by atoms with Gasteiger partial charge in [-0.1, -0.05) is 184 Å². The maximum Gasteiger partial charge on any atom is 0.306 e. The highest BCUT2D eigenvalue weighted by atomic mass is 31.2. The number of ether oxygens (including phenoxy) is 2. The quantitative estimate of drug-likeness (QED) is 0.0195. The average molecular weight is 894 g/mol. The highest BCUT2D eigenvalue weighted by Crippen LogP contribution is 2.38. The smallest absolute Gasteiger partial charge is 0.306 e. The summed E-state index contributed by atoms with van der Waals surface area (Å²) in [7, 11) is 1.13. The molecule has 0 N–H and O–H groups in total. The zero-order chi connectivity index (χ0) is 45.7. The van der Waals surface area contributed by atoms with Gasteiger partial charge in [-0.25, -0.2) is 0 Å². The van der Waals surface area contributed by atoms with E-state index in [9.17, 15) is 19.0 Å². The fourth-order valence-electron chi connectivity index (χ4n) is 6.84. The number of phosphoric ester groups is 1. The van der Waals surface area contributed by atoms with E-state index in [0.29, 0.717) is 23.9 Å². The first-order valence-corrected chi connectivity index (χ1v) is 26.8. The molecule has 9 nitrogen and oxygen atoms in total. The normalized spacial score (nSPS) is 13.8. The van der Waals surface area contributed by atoms with E-state index in [1.807, 2.05) is 21.1 Å². The third-order valence-electron chi connectivity index (χ3n) is 10.8. The number of likely N-dealkylation sites (N-methyl/N-ethyl adjacent to an activating group) is 1. The molecule has 0 saturated carbocycles. The van der Waals surface area contributed by atoms with Crippen molar-refractivity contribution in [1.82, 2.24) is 0 Å². The molecule has 62 heavy (non-hydrogen) atoms. The van der Waals surface area contributed by atoms with E-state index in [0.717, 1.165) is 44.9 Å². The van der Waals surface area contributed by atoms with Crippen LogP contribution in [0.5, 0.6) is 0 Å². The summed E-state index contributed by atoms with van der Waals surface area (Å²) in [5, 5.41) is 0. The average Bonchev–Trinajstić information content (AvgIpc) is 3.23. The lowest BCUT2D eigenvalue weighted by molar-refractivity contribution is -0.870. The summed E-state index contributed by atoms with van der Waals surface area (Å²) in [6.45, 7) is 4.14. The van der Waals surface area contributed by atoms with Gasteiger partial charge < -0.3 is 27.9 Å². The summed E-state index contributed by atoms with van der Waals surface area (Å²) in [5.74, 6) is -0.913. The van der Waals surface area contributed by atoms with Crippen LogP contribution in [0.3, 0.4) is 0 Å². The Bertz CT molecular complexity index is 1190. The van der Waals surface area contributed by atoms with Crippen LogP contribution in [0.4, 0.5) is 0 Å². The van der Waals surface area contributed by atoms with Crippen LogP contribution in [0.25, 0.3) is 0 Å². The SMILES string of the molecule is CCCCC/C=C/C/C=C/C/C=C/CCCCC(=O)O[C@@H](COC(=O)CCC/C=C/CCCCCCCCCCCCCCCCCCCC)COP(=O)([O-])OCC[N+](C)(C)C. The Morgan fingerprint density at radius 2 is 0.887 bits per heavy atom. The first-order chi connectivity index (χ1) is 30.0. The number of hydrogen-bond donors (Lipinski definition) is 0. The van der Waals surface area contributed by atoms with Crippen molar-refractivity contribution in [3.05, 3.63) is 48.6 Å². The second-order valence-corrected chi connectivity index (χ2v) is 19.6. The van der Waals surface area contributed by atoms with Crippen LogP contribution in [-0.4, -0.2) is 70.0 Å². The molecule has 0 spiro atoms. The Kier molecular flexibility index (Phi) is 42.7. The fraction of sp³-hybridized carbons (Fsp3) is 0.808. The Morgan fingerprint density at radius 1 is 0.500 bits per heavy atom. The Morgan fingerprint density at radius 3 is 1.39 bits per heavy atom. The molecule has 0 aromatic carbocycles. The maximum absolute atomic E-state index is 12.7. The molecule has 0 radical (unpaired) electrons. The molecule has 362 valence electrons. The van der Waals surface area contributed by atoms with Crippen LogP contribution in [0.15, 0.2) is 48.6 Å². The molecule has 0 amide bonds. The molecule has 0 rings (SSSR count). The van der Waals surface area contributed by atoms with Gasteiger partial charge >= 0.3 is 11.9 Å². The van der Waals surface area contributed by atoms with Crippen molar-refractivity contribution in [2.75, 3.05) is 47.5 Å². The van der Waals surface area contributed by atoms with Gasteiger partial charge in [-0.15, -0.1) is 0 Å². The maximum atomic E-state index is 12.7. The molecule has 10 heteroatoms. The lowest BCUT2D eigenvalue weighted by Crippen LogP contribution is -2.37. The highest BCUT2D eigenvalue weighted by molar-refractivity contribution is 7.45. The minimum atomic E-state index is -4.64. The molecular formula is C52H96NO8P. The highest BCUT2D eigenvalue weighted by Gasteiger charge is 2.21. The van der Waals surface area contributed by atoms with Gasteiger partial charge in [-0.2, -0.15) is 0 Å². The zero-order valence-electron chi connectivity index (χ0n) is 40.8. The van der Waals surface area contributed by atoms with Crippen molar-refractivity contribution in [3.63, 3.8) is 0 Å². The van der Waals surface area contributed by atoms with Crippen LogP contribution < -0.4 is 4.89 Å². The van der Waals surface area contributed by atoms with Crippen LogP contribution in [0.2, 0.25) is 0 Å². The van der Waals surface area contributed by atoms with Crippen molar-refractivity contribution < 1.29 is 42.1 Å². The van der Waals surface area contributed by atoms with Crippen molar-refractivity contribution in [2.24, 2.45) is 0 Å². The first kappa shape index (κ1) is 60.0. The van der Waals surface area contributed by atoms with E-state index >= 15 is 0 Å². The fourth-order valence-corrected chi connectivity index (χ4v) is 7.57. The largest absolute Gasteiger partial charge is 0.756 e. The number of quaternary nitrogens is 1. The van der Waals surface area contributed by atoms with Crippen molar-refractivity contribution >= 4 is 19.8 Å². The first-order valence-electron chi connectivity index (χ1n) is 25.3. The molecule has 0 aliphatic heterocycles. The van der Waals surface area contributed by atoms with Gasteiger partial charge in [0.15, 0.2) is 6.10 Å². The molecule has 0 heterocycles. The molecule has 0 saturated heterocycles. The number of phosphoric acid groups is 1. The summed E-state index contributed by atoms with van der Waals surface area (Å²) >= 11 is 0. The van der Waals surface area contributed by atoms with Gasteiger partial charge in [-0.05, 0) is 70.6 Å². The number of esters is 2. The molecule has 0 aromatic rings. The van der Waals surface area contributed by atoms with Gasteiger partial charge in [0.2, 0.25) is 0 Å². The van der Waals surface area contributed by atoms with Crippen molar-refractivity contribution in [3.8, 4) is 0 Å². The second-order valence-electron chi connectivity index (χ2n) is 18.2. The van der Waals surface area contributed by atoms with Crippen molar-refractivity contribution in [1.29, 1.82) is 0 Å². The van der Waals surface area contributed by atoms with Gasteiger partial charge in [-0.3, -0.25) is 14.2 Å². The molecule has 0 aromatic heterocycles. The number of hydrogen-bond acceptors (Lipinski definition) is 8. The van der Waals surface area contributed by atoms with Crippen LogP contribution >= 0.6 is 7.82 Å². The number of carbonyl (C=O) groups excluding carboxylic acids is 2. The van der Waals surface area contributed by atoms with E-state index in [1.165, 1.54) is 135 Å². The lowest BCUT2D eigenvalue weighted by Gasteiger charge is -2.28. The Hall–Kier alpha value is -2.03. The monoisotopic (exact) mass is 894 g/mol. The predicted molar refractivity (Wildman–Crippen MR) is 259 cm³/mol. The minimum absolute atomic E-state index is 0.0427. The van der Waals surface area contributed by atoms with Gasteiger partial charge in [0, 0.05) is 12.8 Å². The molecular weight excluding hydrogens is 798 g/mol. The topological polar surface area (TPSA) is 111 Å². The molecule has 1 unspecified atom stereocenters. The van der Waals surface area contributed by atoms with Crippen molar-refractivity contribution in [2.45, 2.75) is 225 Å².